The molecular weight excluding hydrogens is 344 g/mol. The molecule has 27 heavy (non-hydrogen) atoms. The van der Waals surface area contributed by atoms with E-state index in [-0.39, 0.29) is 11.8 Å². The molecule has 3 heterocycles. The molecule has 1 amide bonds. The van der Waals surface area contributed by atoms with Crippen LogP contribution in [-0.2, 0) is 9.53 Å². The van der Waals surface area contributed by atoms with Crippen LogP contribution in [0.5, 0.6) is 0 Å². The van der Waals surface area contributed by atoms with E-state index in [1.165, 1.54) is 0 Å². The predicted molar refractivity (Wildman–Crippen MR) is 104 cm³/mol. The SMILES string of the molecule is Cc1ccnc(Nc2cc(NCCNC(=O)C3CCOCC3)nc(C)n2)c1. The van der Waals surface area contributed by atoms with Crippen molar-refractivity contribution in [2.24, 2.45) is 5.92 Å². The van der Waals surface area contributed by atoms with Crippen LogP contribution in [-0.4, -0.2) is 47.2 Å². The summed E-state index contributed by atoms with van der Waals surface area (Å²) in [6.07, 6.45) is 3.35. The maximum Gasteiger partial charge on any atom is 0.223 e. The number of rotatable bonds is 7. The van der Waals surface area contributed by atoms with Gasteiger partial charge in [0.25, 0.3) is 0 Å². The largest absolute Gasteiger partial charge is 0.381 e. The Labute approximate surface area is 159 Å². The molecular formula is C19H26N6O2. The summed E-state index contributed by atoms with van der Waals surface area (Å²) in [5.41, 5.74) is 1.12. The standard InChI is InChI=1S/C19H26N6O2/c1-13-3-6-20-16(11-13)25-18-12-17(23-14(2)24-18)21-7-8-22-19(26)15-4-9-27-10-5-15/h3,6,11-12,15H,4-5,7-10H2,1-2H3,(H,22,26)(H2,20,21,23,24,25). The van der Waals surface area contributed by atoms with Crippen molar-refractivity contribution in [3.8, 4) is 0 Å². The number of nitrogens with zero attached hydrogens (tertiary/aromatic N) is 3. The maximum absolute atomic E-state index is 12.1. The highest BCUT2D eigenvalue weighted by Crippen LogP contribution is 2.17. The minimum Gasteiger partial charge on any atom is -0.381 e. The van der Waals surface area contributed by atoms with E-state index in [1.807, 2.05) is 32.0 Å². The van der Waals surface area contributed by atoms with Crippen molar-refractivity contribution in [2.45, 2.75) is 26.7 Å². The minimum atomic E-state index is 0.0673. The molecule has 0 bridgehead atoms. The molecule has 1 aliphatic rings. The molecule has 0 saturated carbocycles. The first-order valence-electron chi connectivity index (χ1n) is 9.25. The number of anilines is 3. The maximum atomic E-state index is 12.1. The molecule has 1 saturated heterocycles. The molecule has 0 aliphatic carbocycles. The van der Waals surface area contributed by atoms with Gasteiger partial charge in [-0.3, -0.25) is 4.79 Å². The first-order chi connectivity index (χ1) is 13.1. The Hall–Kier alpha value is -2.74. The van der Waals surface area contributed by atoms with E-state index in [9.17, 15) is 4.79 Å². The number of carbonyl (C=O) groups excluding carboxylic acids is 1. The summed E-state index contributed by atoms with van der Waals surface area (Å²) in [5.74, 6) is 2.95. The lowest BCUT2D eigenvalue weighted by Crippen LogP contribution is -2.36. The first kappa shape index (κ1) is 19.0. The second-order valence-corrected chi connectivity index (χ2v) is 6.63. The van der Waals surface area contributed by atoms with Crippen molar-refractivity contribution in [1.82, 2.24) is 20.3 Å². The van der Waals surface area contributed by atoms with Crippen molar-refractivity contribution < 1.29 is 9.53 Å². The molecule has 144 valence electrons. The topological polar surface area (TPSA) is 101 Å². The third-order valence-corrected chi connectivity index (χ3v) is 4.33. The number of pyridine rings is 1. The second-order valence-electron chi connectivity index (χ2n) is 6.63. The van der Waals surface area contributed by atoms with E-state index < -0.39 is 0 Å². The van der Waals surface area contributed by atoms with Gasteiger partial charge in [-0.2, -0.15) is 0 Å². The normalized spacial score (nSPS) is 14.6. The Morgan fingerprint density at radius 2 is 1.89 bits per heavy atom. The van der Waals surface area contributed by atoms with Gasteiger partial charge in [0.05, 0.1) is 0 Å². The molecule has 3 N–H and O–H groups in total. The summed E-state index contributed by atoms with van der Waals surface area (Å²) in [7, 11) is 0. The van der Waals surface area contributed by atoms with Gasteiger partial charge in [0.1, 0.15) is 23.3 Å². The van der Waals surface area contributed by atoms with Crippen LogP contribution in [0.2, 0.25) is 0 Å². The molecule has 1 aliphatic heterocycles. The molecule has 2 aromatic rings. The highest BCUT2D eigenvalue weighted by molar-refractivity contribution is 5.78. The number of hydrogen-bond donors (Lipinski definition) is 3. The van der Waals surface area contributed by atoms with Gasteiger partial charge in [-0.1, -0.05) is 0 Å². The van der Waals surface area contributed by atoms with Crippen LogP contribution in [0.3, 0.4) is 0 Å². The summed E-state index contributed by atoms with van der Waals surface area (Å²) >= 11 is 0. The number of hydrogen-bond acceptors (Lipinski definition) is 7. The molecule has 1 fully saturated rings. The second kappa shape index (κ2) is 9.27. The highest BCUT2D eigenvalue weighted by Gasteiger charge is 2.20. The Bertz CT molecular complexity index is 777. The lowest BCUT2D eigenvalue weighted by atomic mass is 9.99. The smallest absolute Gasteiger partial charge is 0.223 e. The van der Waals surface area contributed by atoms with Crippen molar-refractivity contribution >= 4 is 23.4 Å². The molecule has 0 atom stereocenters. The lowest BCUT2D eigenvalue weighted by Gasteiger charge is -2.21. The van der Waals surface area contributed by atoms with E-state index >= 15 is 0 Å². The molecule has 8 nitrogen and oxygen atoms in total. The fourth-order valence-electron chi connectivity index (χ4n) is 2.94. The van der Waals surface area contributed by atoms with E-state index in [2.05, 4.69) is 30.9 Å². The molecule has 0 radical (unpaired) electrons. The fourth-order valence-corrected chi connectivity index (χ4v) is 2.94. The number of aryl methyl sites for hydroxylation is 2. The summed E-state index contributed by atoms with van der Waals surface area (Å²) in [4.78, 5) is 25.2. The zero-order valence-corrected chi connectivity index (χ0v) is 15.8. The van der Waals surface area contributed by atoms with Crippen LogP contribution in [0.4, 0.5) is 17.5 Å². The van der Waals surface area contributed by atoms with Crippen molar-refractivity contribution in [3.05, 3.63) is 35.8 Å². The van der Waals surface area contributed by atoms with Gasteiger partial charge < -0.3 is 20.7 Å². The summed E-state index contributed by atoms with van der Waals surface area (Å²) in [5, 5.41) is 9.40. The Balaban J connectivity index is 1.49. The molecule has 0 unspecified atom stereocenters. The van der Waals surface area contributed by atoms with E-state index in [4.69, 9.17) is 4.74 Å². The molecule has 0 spiro atoms. The van der Waals surface area contributed by atoms with Gasteiger partial charge in [-0.15, -0.1) is 0 Å². The van der Waals surface area contributed by atoms with Crippen LogP contribution in [0, 0.1) is 19.8 Å². The van der Waals surface area contributed by atoms with Crippen LogP contribution < -0.4 is 16.0 Å². The van der Waals surface area contributed by atoms with Crippen LogP contribution >= 0.6 is 0 Å². The highest BCUT2D eigenvalue weighted by atomic mass is 16.5. The van der Waals surface area contributed by atoms with Gasteiger partial charge in [0.15, 0.2) is 0 Å². The number of aromatic nitrogens is 3. The van der Waals surface area contributed by atoms with Crippen LogP contribution in [0.25, 0.3) is 0 Å². The summed E-state index contributed by atoms with van der Waals surface area (Å²) in [6, 6.07) is 5.73. The quantitative estimate of drug-likeness (QED) is 0.642. The minimum absolute atomic E-state index is 0.0673. The summed E-state index contributed by atoms with van der Waals surface area (Å²) < 4.78 is 5.29. The predicted octanol–water partition coefficient (Wildman–Crippen LogP) is 2.19. The molecule has 2 aromatic heterocycles. The summed E-state index contributed by atoms with van der Waals surface area (Å²) in [6.45, 7) is 6.33. The van der Waals surface area contributed by atoms with E-state index in [0.717, 1.165) is 24.2 Å². The van der Waals surface area contributed by atoms with E-state index in [1.54, 1.807) is 6.20 Å². The van der Waals surface area contributed by atoms with Gasteiger partial charge in [-0.05, 0) is 44.4 Å². The van der Waals surface area contributed by atoms with Gasteiger partial charge in [0.2, 0.25) is 5.91 Å². The Kier molecular flexibility index (Phi) is 6.54. The van der Waals surface area contributed by atoms with Crippen LogP contribution in [0.1, 0.15) is 24.2 Å². The third kappa shape index (κ3) is 5.89. The zero-order valence-electron chi connectivity index (χ0n) is 15.8. The van der Waals surface area contributed by atoms with Gasteiger partial charge in [0, 0.05) is 44.5 Å². The van der Waals surface area contributed by atoms with Crippen LogP contribution in [0.15, 0.2) is 24.4 Å². The molecule has 8 heteroatoms. The average Bonchev–Trinajstić information content (AvgIpc) is 2.65. The van der Waals surface area contributed by atoms with Gasteiger partial charge >= 0.3 is 0 Å². The molecule has 3 rings (SSSR count). The lowest BCUT2D eigenvalue weighted by molar-refractivity contribution is -0.127. The molecule has 0 aromatic carbocycles. The number of carbonyl (C=O) groups is 1. The first-order valence-corrected chi connectivity index (χ1v) is 9.25. The van der Waals surface area contributed by atoms with Gasteiger partial charge in [-0.25, -0.2) is 15.0 Å². The monoisotopic (exact) mass is 370 g/mol. The number of amides is 1. The third-order valence-electron chi connectivity index (χ3n) is 4.33. The zero-order chi connectivity index (χ0) is 19.1. The number of nitrogens with one attached hydrogen (secondary N) is 3. The Morgan fingerprint density at radius 1 is 1.11 bits per heavy atom. The van der Waals surface area contributed by atoms with Crippen molar-refractivity contribution in [2.75, 3.05) is 36.9 Å². The van der Waals surface area contributed by atoms with E-state index in [0.29, 0.717) is 43.8 Å². The van der Waals surface area contributed by atoms with Crippen molar-refractivity contribution in [1.29, 1.82) is 0 Å². The van der Waals surface area contributed by atoms with Crippen molar-refractivity contribution in [3.63, 3.8) is 0 Å². The number of ether oxygens (including phenoxy) is 1. The fraction of sp³-hybridized carbons (Fsp3) is 0.474. The average molecular weight is 370 g/mol. The Morgan fingerprint density at radius 3 is 2.67 bits per heavy atom.